The second-order valence-corrected chi connectivity index (χ2v) is 3.96. The van der Waals surface area contributed by atoms with Crippen molar-refractivity contribution in [2.75, 3.05) is 6.61 Å². The molecular weight excluding hydrogens is 182 g/mol. The van der Waals surface area contributed by atoms with Gasteiger partial charge in [0.15, 0.2) is 0 Å². The van der Waals surface area contributed by atoms with Crippen molar-refractivity contribution in [3.05, 3.63) is 4.91 Å². The molecule has 0 saturated heterocycles. The summed E-state index contributed by atoms with van der Waals surface area (Å²) in [4.78, 5) is 19.8. The standard InChI is InChI=1S/C7H12ClNO3/c1-5(10)12-4-6(9-11)7(2,3)8/h6H,4H2,1-3H3. The molecule has 1 unspecified atom stereocenters. The fourth-order valence-corrected chi connectivity index (χ4v) is 0.653. The predicted octanol–water partition coefficient (Wildman–Crippen LogP) is 1.70. The molecule has 0 aliphatic heterocycles. The Kier molecular flexibility index (Phi) is 4.17. The molecule has 0 heterocycles. The largest absolute Gasteiger partial charge is 0.463 e. The highest BCUT2D eigenvalue weighted by Crippen LogP contribution is 2.21. The van der Waals surface area contributed by atoms with Crippen molar-refractivity contribution >= 4 is 17.6 Å². The normalized spacial score (nSPS) is 13.7. The monoisotopic (exact) mass is 193 g/mol. The maximum atomic E-state index is 10.4. The van der Waals surface area contributed by atoms with Gasteiger partial charge in [-0.05, 0) is 13.8 Å². The average molecular weight is 194 g/mol. The van der Waals surface area contributed by atoms with Crippen LogP contribution in [0.2, 0.25) is 0 Å². The number of ether oxygens (including phenoxy) is 1. The first-order chi connectivity index (χ1) is 5.38. The number of alkyl halides is 1. The van der Waals surface area contributed by atoms with E-state index in [2.05, 4.69) is 9.91 Å². The number of esters is 1. The third-order valence-electron chi connectivity index (χ3n) is 1.36. The molecule has 0 aliphatic carbocycles. The molecule has 4 nitrogen and oxygen atoms in total. The number of hydrogen-bond donors (Lipinski definition) is 0. The van der Waals surface area contributed by atoms with Crippen LogP contribution in [-0.4, -0.2) is 23.5 Å². The van der Waals surface area contributed by atoms with Gasteiger partial charge in [-0.2, -0.15) is 4.91 Å². The van der Waals surface area contributed by atoms with Crippen LogP contribution in [0.15, 0.2) is 5.18 Å². The van der Waals surface area contributed by atoms with Gasteiger partial charge in [0.2, 0.25) is 0 Å². The number of rotatable bonds is 4. The first-order valence-electron chi connectivity index (χ1n) is 3.52. The molecule has 0 radical (unpaired) electrons. The topological polar surface area (TPSA) is 55.7 Å². The fraction of sp³-hybridized carbons (Fsp3) is 0.857. The Morgan fingerprint density at radius 1 is 1.67 bits per heavy atom. The molecule has 0 aromatic rings. The minimum Gasteiger partial charge on any atom is -0.463 e. The Morgan fingerprint density at radius 2 is 2.17 bits per heavy atom. The van der Waals surface area contributed by atoms with E-state index in [0.29, 0.717) is 0 Å². The summed E-state index contributed by atoms with van der Waals surface area (Å²) in [5.41, 5.74) is 0. The molecule has 0 saturated carbocycles. The van der Waals surface area contributed by atoms with Gasteiger partial charge in [0, 0.05) is 6.92 Å². The van der Waals surface area contributed by atoms with Gasteiger partial charge < -0.3 is 4.74 Å². The molecule has 0 bridgehead atoms. The zero-order chi connectivity index (χ0) is 9.78. The summed E-state index contributed by atoms with van der Waals surface area (Å²) in [5.74, 6) is -0.440. The summed E-state index contributed by atoms with van der Waals surface area (Å²) < 4.78 is 4.60. The highest BCUT2D eigenvalue weighted by atomic mass is 35.5. The maximum absolute atomic E-state index is 10.4. The van der Waals surface area contributed by atoms with E-state index in [9.17, 15) is 9.70 Å². The SMILES string of the molecule is CC(=O)OCC(N=O)C(C)(C)Cl. The quantitative estimate of drug-likeness (QED) is 0.388. The Bertz CT molecular complexity index is 176. The zero-order valence-corrected chi connectivity index (χ0v) is 8.09. The fourth-order valence-electron chi connectivity index (χ4n) is 0.550. The summed E-state index contributed by atoms with van der Waals surface area (Å²) in [6.45, 7) is 4.49. The molecule has 0 rings (SSSR count). The Balaban J connectivity index is 4.01. The first-order valence-corrected chi connectivity index (χ1v) is 3.90. The molecule has 0 aliphatic rings. The minimum atomic E-state index is -0.781. The second kappa shape index (κ2) is 4.40. The van der Waals surface area contributed by atoms with Crippen molar-refractivity contribution in [2.45, 2.75) is 31.7 Å². The van der Waals surface area contributed by atoms with Crippen molar-refractivity contribution in [1.82, 2.24) is 0 Å². The second-order valence-electron chi connectivity index (χ2n) is 2.99. The molecule has 0 aromatic carbocycles. The number of nitroso groups, excluding NO2 is 1. The summed E-state index contributed by atoms with van der Waals surface area (Å²) in [6.07, 6.45) is 0. The highest BCUT2D eigenvalue weighted by Gasteiger charge is 2.29. The van der Waals surface area contributed by atoms with E-state index in [1.54, 1.807) is 13.8 Å². The summed E-state index contributed by atoms with van der Waals surface area (Å²) >= 11 is 5.80. The van der Waals surface area contributed by atoms with Gasteiger partial charge >= 0.3 is 5.97 Å². The van der Waals surface area contributed by atoms with Gasteiger partial charge in [-0.25, -0.2) is 0 Å². The molecule has 0 aromatic heterocycles. The van der Waals surface area contributed by atoms with Crippen molar-refractivity contribution in [2.24, 2.45) is 5.18 Å². The third kappa shape index (κ3) is 4.28. The Morgan fingerprint density at radius 3 is 2.42 bits per heavy atom. The predicted molar refractivity (Wildman–Crippen MR) is 46.1 cm³/mol. The van der Waals surface area contributed by atoms with Crippen molar-refractivity contribution in [3.63, 3.8) is 0 Å². The van der Waals surface area contributed by atoms with E-state index >= 15 is 0 Å². The molecule has 0 N–H and O–H groups in total. The van der Waals surface area contributed by atoms with Gasteiger partial charge in [0.05, 0.1) is 4.87 Å². The molecule has 1 atom stereocenters. The number of nitrogens with zero attached hydrogens (tertiary/aromatic N) is 1. The lowest BCUT2D eigenvalue weighted by Crippen LogP contribution is -2.33. The van der Waals surface area contributed by atoms with E-state index in [1.807, 2.05) is 0 Å². The summed E-state index contributed by atoms with van der Waals surface area (Å²) in [6, 6.07) is -0.705. The lowest BCUT2D eigenvalue weighted by Gasteiger charge is -2.20. The molecule has 70 valence electrons. The third-order valence-corrected chi connectivity index (χ3v) is 1.62. The molecular formula is C7H12ClNO3. The lowest BCUT2D eigenvalue weighted by molar-refractivity contribution is -0.141. The molecule has 5 heteroatoms. The first kappa shape index (κ1) is 11.4. The molecule has 0 spiro atoms. The van der Waals surface area contributed by atoms with E-state index < -0.39 is 16.9 Å². The van der Waals surface area contributed by atoms with Crippen molar-refractivity contribution < 1.29 is 9.53 Å². The van der Waals surface area contributed by atoms with E-state index in [4.69, 9.17) is 11.6 Å². The minimum absolute atomic E-state index is 0.0602. The van der Waals surface area contributed by atoms with Crippen molar-refractivity contribution in [3.8, 4) is 0 Å². The molecule has 12 heavy (non-hydrogen) atoms. The van der Waals surface area contributed by atoms with Crippen LogP contribution in [0.1, 0.15) is 20.8 Å². The highest BCUT2D eigenvalue weighted by molar-refractivity contribution is 6.24. The van der Waals surface area contributed by atoms with E-state index in [0.717, 1.165) is 0 Å². The Hall–Kier alpha value is -0.640. The number of carbonyl (C=O) groups is 1. The lowest BCUT2D eigenvalue weighted by atomic mass is 10.1. The van der Waals surface area contributed by atoms with Crippen LogP contribution in [0.3, 0.4) is 0 Å². The summed E-state index contributed by atoms with van der Waals surface area (Å²) in [5, 5.41) is 2.77. The van der Waals surface area contributed by atoms with Crippen LogP contribution in [0.25, 0.3) is 0 Å². The zero-order valence-electron chi connectivity index (χ0n) is 7.33. The maximum Gasteiger partial charge on any atom is 0.302 e. The van der Waals surface area contributed by atoms with Crippen LogP contribution >= 0.6 is 11.6 Å². The average Bonchev–Trinajstić information content (AvgIpc) is 1.85. The number of hydrogen-bond acceptors (Lipinski definition) is 4. The van der Waals surface area contributed by atoms with Crippen molar-refractivity contribution in [1.29, 1.82) is 0 Å². The smallest absolute Gasteiger partial charge is 0.302 e. The van der Waals surface area contributed by atoms with Crippen LogP contribution in [0.4, 0.5) is 0 Å². The van der Waals surface area contributed by atoms with Gasteiger partial charge in [-0.1, -0.05) is 5.18 Å². The summed E-state index contributed by atoms with van der Waals surface area (Å²) in [7, 11) is 0. The molecule has 0 fully saturated rings. The molecule has 0 amide bonds. The van der Waals surface area contributed by atoms with Crippen LogP contribution in [-0.2, 0) is 9.53 Å². The van der Waals surface area contributed by atoms with Crippen LogP contribution in [0.5, 0.6) is 0 Å². The number of carbonyl (C=O) groups excluding carboxylic acids is 1. The van der Waals surface area contributed by atoms with Gasteiger partial charge in [0.25, 0.3) is 0 Å². The van der Waals surface area contributed by atoms with Crippen LogP contribution in [0, 0.1) is 4.91 Å². The van der Waals surface area contributed by atoms with Crippen LogP contribution < -0.4 is 0 Å². The van der Waals surface area contributed by atoms with E-state index in [1.165, 1.54) is 6.92 Å². The van der Waals surface area contributed by atoms with Gasteiger partial charge in [-0.3, -0.25) is 4.79 Å². The van der Waals surface area contributed by atoms with Gasteiger partial charge in [0.1, 0.15) is 12.6 Å². The van der Waals surface area contributed by atoms with Gasteiger partial charge in [-0.15, -0.1) is 11.6 Å². The van der Waals surface area contributed by atoms with E-state index in [-0.39, 0.29) is 6.61 Å². The Labute approximate surface area is 76.2 Å². The number of halogens is 1.